The Hall–Kier alpha value is -1.62. The van der Waals surface area contributed by atoms with E-state index in [1.807, 2.05) is 33.8 Å². The molecule has 2 aliphatic rings. The second-order valence-corrected chi connectivity index (χ2v) is 8.52. The monoisotopic (exact) mass is 356 g/mol. The molecule has 0 unspecified atom stereocenters. The predicted octanol–water partition coefficient (Wildman–Crippen LogP) is 1.78. The van der Waals surface area contributed by atoms with Gasteiger partial charge in [-0.3, -0.25) is 0 Å². The number of hydrogen-bond acceptors (Lipinski definition) is 6. The van der Waals surface area contributed by atoms with Crippen LogP contribution in [0.15, 0.2) is 12.3 Å². The van der Waals surface area contributed by atoms with Crippen molar-refractivity contribution in [3.05, 3.63) is 17.8 Å². The first-order chi connectivity index (χ1) is 12.1. The van der Waals surface area contributed by atoms with E-state index < -0.39 is 18.3 Å². The lowest BCUT2D eigenvalue weighted by atomic mass is 9.79. The van der Waals surface area contributed by atoms with Crippen LogP contribution >= 0.6 is 0 Å². The zero-order valence-corrected chi connectivity index (χ0v) is 16.7. The Balaban J connectivity index is 1.79. The van der Waals surface area contributed by atoms with Crippen molar-refractivity contribution < 1.29 is 9.31 Å². The Bertz CT molecular complexity index is 690. The van der Waals surface area contributed by atoms with Crippen molar-refractivity contribution in [2.24, 2.45) is 0 Å². The van der Waals surface area contributed by atoms with Gasteiger partial charge in [-0.25, -0.2) is 4.98 Å². The van der Waals surface area contributed by atoms with Gasteiger partial charge in [0.15, 0.2) is 0 Å². The highest BCUT2D eigenvalue weighted by Gasteiger charge is 2.52. The highest BCUT2D eigenvalue weighted by atomic mass is 16.7. The molecular weight excluding hydrogens is 327 g/mol. The molecule has 0 N–H and O–H groups in total. The van der Waals surface area contributed by atoms with Crippen LogP contribution in [0.4, 0.5) is 5.82 Å². The Morgan fingerprint density at radius 2 is 1.77 bits per heavy atom. The molecule has 3 rings (SSSR count). The molecule has 1 aromatic rings. The topological polar surface area (TPSA) is 61.6 Å². The van der Waals surface area contributed by atoms with Crippen molar-refractivity contribution in [1.82, 2.24) is 9.88 Å². The summed E-state index contributed by atoms with van der Waals surface area (Å²) in [5, 5.41) is 9.66. The molecule has 2 aliphatic heterocycles. The van der Waals surface area contributed by atoms with Crippen molar-refractivity contribution in [3.8, 4) is 6.07 Å². The maximum Gasteiger partial charge on any atom is 0.496 e. The third-order valence-electron chi connectivity index (χ3n) is 6.03. The molecule has 0 bridgehead atoms. The molecule has 0 amide bonds. The van der Waals surface area contributed by atoms with Gasteiger partial charge < -0.3 is 19.1 Å². The summed E-state index contributed by atoms with van der Waals surface area (Å²) in [5.41, 5.74) is 0.571. The summed E-state index contributed by atoms with van der Waals surface area (Å²) in [5.74, 6) is 0.768. The van der Waals surface area contributed by atoms with E-state index in [2.05, 4.69) is 34.9 Å². The molecule has 0 aromatic carbocycles. The lowest BCUT2D eigenvalue weighted by Gasteiger charge is -2.36. The van der Waals surface area contributed by atoms with Gasteiger partial charge in [0.25, 0.3) is 0 Å². The van der Waals surface area contributed by atoms with E-state index >= 15 is 0 Å². The van der Waals surface area contributed by atoms with Crippen molar-refractivity contribution in [3.63, 3.8) is 0 Å². The summed E-state index contributed by atoms with van der Waals surface area (Å²) in [6.07, 6.45) is 3.95. The fraction of sp³-hybridized carbons (Fsp3) is 0.684. The number of piperidine rings is 1. The molecule has 0 atom stereocenters. The van der Waals surface area contributed by atoms with Gasteiger partial charge >= 0.3 is 7.12 Å². The van der Waals surface area contributed by atoms with Crippen molar-refractivity contribution in [2.75, 3.05) is 32.1 Å². The Kier molecular flexibility index (Phi) is 5.04. The van der Waals surface area contributed by atoms with E-state index in [0.717, 1.165) is 37.2 Å². The van der Waals surface area contributed by atoms with Crippen molar-refractivity contribution in [2.45, 2.75) is 57.8 Å². The van der Waals surface area contributed by atoms with Gasteiger partial charge in [0.2, 0.25) is 0 Å². The molecule has 0 radical (unpaired) electrons. The van der Waals surface area contributed by atoms with Crippen LogP contribution in [0.5, 0.6) is 0 Å². The molecule has 6 nitrogen and oxygen atoms in total. The fourth-order valence-corrected chi connectivity index (χ4v) is 3.51. The van der Waals surface area contributed by atoms with Gasteiger partial charge in [0.05, 0.1) is 16.8 Å². The van der Waals surface area contributed by atoms with E-state index in [4.69, 9.17) is 9.31 Å². The zero-order chi connectivity index (χ0) is 19.1. The summed E-state index contributed by atoms with van der Waals surface area (Å²) < 4.78 is 12.2. The molecule has 1 aromatic heterocycles. The first-order valence-corrected chi connectivity index (χ1v) is 9.31. The predicted molar refractivity (Wildman–Crippen MR) is 104 cm³/mol. The van der Waals surface area contributed by atoms with E-state index in [-0.39, 0.29) is 0 Å². The number of rotatable bonds is 3. The minimum atomic E-state index is -0.492. The van der Waals surface area contributed by atoms with Gasteiger partial charge in [0, 0.05) is 30.8 Å². The minimum Gasteiger partial charge on any atom is -0.399 e. The molecule has 7 heteroatoms. The van der Waals surface area contributed by atoms with Crippen LogP contribution < -0.4 is 10.4 Å². The molecule has 140 valence electrons. The lowest BCUT2D eigenvalue weighted by Crippen LogP contribution is -2.43. The van der Waals surface area contributed by atoms with Gasteiger partial charge in [-0.1, -0.05) is 0 Å². The summed E-state index contributed by atoms with van der Waals surface area (Å²) in [7, 11) is 3.75. The SMILES string of the molecule is CN(C)C1CCN(c2ncc(B3OC(C)(C)C(C)(C)O3)cc2C#N)CC1. The van der Waals surface area contributed by atoms with Crippen LogP contribution in [0, 0.1) is 11.3 Å². The molecule has 26 heavy (non-hydrogen) atoms. The molecule has 0 saturated carbocycles. The fourth-order valence-electron chi connectivity index (χ4n) is 3.51. The number of hydrogen-bond donors (Lipinski definition) is 0. The first-order valence-electron chi connectivity index (χ1n) is 9.31. The van der Waals surface area contributed by atoms with Gasteiger partial charge in [-0.15, -0.1) is 0 Å². The Labute approximate surface area is 157 Å². The number of nitrogens with zero attached hydrogens (tertiary/aromatic N) is 4. The number of aromatic nitrogens is 1. The largest absolute Gasteiger partial charge is 0.496 e. The third kappa shape index (κ3) is 3.46. The average molecular weight is 356 g/mol. The number of anilines is 1. The maximum absolute atomic E-state index is 9.66. The van der Waals surface area contributed by atoms with Crippen LogP contribution in [-0.2, 0) is 9.31 Å². The Morgan fingerprint density at radius 1 is 1.19 bits per heavy atom. The molecule has 0 spiro atoms. The van der Waals surface area contributed by atoms with Crippen LogP contribution in [0.2, 0.25) is 0 Å². The van der Waals surface area contributed by atoms with Crippen molar-refractivity contribution >= 4 is 18.4 Å². The quantitative estimate of drug-likeness (QED) is 0.770. The van der Waals surface area contributed by atoms with Crippen LogP contribution in [0.3, 0.4) is 0 Å². The van der Waals surface area contributed by atoms with E-state index in [1.54, 1.807) is 6.20 Å². The number of nitriles is 1. The summed E-state index contributed by atoms with van der Waals surface area (Å²) >= 11 is 0. The molecule has 2 fully saturated rings. The van der Waals surface area contributed by atoms with Crippen LogP contribution in [0.25, 0.3) is 0 Å². The molecule has 0 aliphatic carbocycles. The standard InChI is InChI=1S/C19H29BN4O2/c1-18(2)19(3,4)26-20(25-18)15-11-14(12-21)17(22-13-15)24-9-7-16(8-10-24)23(5)6/h11,13,16H,7-10H2,1-6H3. The summed E-state index contributed by atoms with van der Waals surface area (Å²) in [6.45, 7) is 9.92. The van der Waals surface area contributed by atoms with Crippen LogP contribution in [0.1, 0.15) is 46.1 Å². The van der Waals surface area contributed by atoms with Gasteiger partial charge in [-0.2, -0.15) is 5.26 Å². The smallest absolute Gasteiger partial charge is 0.399 e. The summed E-state index contributed by atoms with van der Waals surface area (Å²) in [6, 6.07) is 4.77. The molecule has 2 saturated heterocycles. The second kappa shape index (κ2) is 6.84. The van der Waals surface area contributed by atoms with Gasteiger partial charge in [0.1, 0.15) is 11.9 Å². The van der Waals surface area contributed by atoms with Gasteiger partial charge in [-0.05, 0) is 60.7 Å². The van der Waals surface area contributed by atoms with Crippen molar-refractivity contribution in [1.29, 1.82) is 5.26 Å². The maximum atomic E-state index is 9.66. The highest BCUT2D eigenvalue weighted by Crippen LogP contribution is 2.36. The first kappa shape index (κ1) is 19.2. The second-order valence-electron chi connectivity index (χ2n) is 8.52. The van der Waals surface area contributed by atoms with E-state index in [0.29, 0.717) is 11.6 Å². The Morgan fingerprint density at radius 3 is 2.27 bits per heavy atom. The third-order valence-corrected chi connectivity index (χ3v) is 6.03. The van der Waals surface area contributed by atoms with E-state index in [1.165, 1.54) is 0 Å². The minimum absolute atomic E-state index is 0.406. The van der Waals surface area contributed by atoms with E-state index in [9.17, 15) is 5.26 Å². The molecule has 3 heterocycles. The average Bonchev–Trinajstić information content (AvgIpc) is 2.82. The summed E-state index contributed by atoms with van der Waals surface area (Å²) in [4.78, 5) is 9.10. The highest BCUT2D eigenvalue weighted by molar-refractivity contribution is 6.62. The zero-order valence-electron chi connectivity index (χ0n) is 16.7. The lowest BCUT2D eigenvalue weighted by molar-refractivity contribution is 0.00578. The van der Waals surface area contributed by atoms with Crippen LogP contribution in [-0.4, -0.2) is 61.4 Å². The molecular formula is C19H29BN4O2. The number of pyridine rings is 1. The normalized spacial score (nSPS) is 22.7.